The van der Waals surface area contributed by atoms with Gasteiger partial charge in [-0.15, -0.1) is 0 Å². The molecule has 0 unspecified atom stereocenters. The molecule has 0 saturated carbocycles. The summed E-state index contributed by atoms with van der Waals surface area (Å²) in [6.45, 7) is 11.0. The maximum Gasteiger partial charge on any atom is 0.277 e. The van der Waals surface area contributed by atoms with E-state index in [-0.39, 0.29) is 10.9 Å². The van der Waals surface area contributed by atoms with Crippen molar-refractivity contribution >= 4 is 20.4 Å². The predicted octanol–water partition coefficient (Wildman–Crippen LogP) is 3.64. The van der Waals surface area contributed by atoms with Crippen molar-refractivity contribution in [3.05, 3.63) is 29.3 Å². The number of hydrogen-bond donors (Lipinski definition) is 0. The second-order valence-electron chi connectivity index (χ2n) is 6.17. The van der Waals surface area contributed by atoms with Gasteiger partial charge in [0.2, 0.25) is 8.32 Å². The molecule has 0 radical (unpaired) electrons. The summed E-state index contributed by atoms with van der Waals surface area (Å²) >= 11 is 0. The number of rotatable bonds is 2. The van der Waals surface area contributed by atoms with Gasteiger partial charge in [0.25, 0.3) is 5.91 Å². The van der Waals surface area contributed by atoms with Gasteiger partial charge in [-0.2, -0.15) is 0 Å². The van der Waals surface area contributed by atoms with Gasteiger partial charge in [0.05, 0.1) is 5.56 Å². The Bertz CT molecular complexity index is 527. The number of carbonyl (C=O) groups excluding carboxylic acids is 1. The van der Waals surface area contributed by atoms with Crippen molar-refractivity contribution in [3.63, 3.8) is 0 Å². The minimum Gasteiger partial charge on any atom is -0.543 e. The fourth-order valence-corrected chi connectivity index (χ4v) is 2.56. The van der Waals surface area contributed by atoms with Crippen molar-refractivity contribution in [1.82, 2.24) is 0 Å². The lowest BCUT2D eigenvalue weighted by Crippen LogP contribution is -2.43. The van der Waals surface area contributed by atoms with Gasteiger partial charge in [-0.05, 0) is 36.3 Å². The lowest BCUT2D eigenvalue weighted by Gasteiger charge is -2.36. The molecule has 0 aliphatic carbocycles. The fraction of sp³-hybridized carbons (Fsp3) is 0.429. The zero-order valence-electron chi connectivity index (χ0n) is 11.6. The number of nitrogens with zero attached hydrogens (tertiary/aromatic N) is 1. The average molecular weight is 261 g/mol. The van der Waals surface area contributed by atoms with Crippen LogP contribution in [-0.4, -0.2) is 20.4 Å². The lowest BCUT2D eigenvalue weighted by atomic mass is 10.1. The third kappa shape index (κ3) is 2.25. The molecule has 0 saturated heterocycles. The standard InChI is InChI=1S/C14H19NO2Si/c1-14(2,3)18(4,5)17-11-7-6-10-9-15-13(16)12(10)8-11/h6-9H,1-5H3. The first-order valence-corrected chi connectivity index (χ1v) is 9.03. The van der Waals surface area contributed by atoms with Gasteiger partial charge < -0.3 is 4.43 Å². The van der Waals surface area contributed by atoms with Gasteiger partial charge in [0.1, 0.15) is 5.75 Å². The predicted molar refractivity (Wildman–Crippen MR) is 76.2 cm³/mol. The van der Waals surface area contributed by atoms with E-state index >= 15 is 0 Å². The zero-order chi connectivity index (χ0) is 13.6. The SMILES string of the molecule is CC(C)(C)[Si](C)(C)Oc1ccc2c(c1)C(=O)N=C2. The summed E-state index contributed by atoms with van der Waals surface area (Å²) < 4.78 is 6.17. The van der Waals surface area contributed by atoms with Crippen LogP contribution in [0.4, 0.5) is 0 Å². The molecule has 1 heterocycles. The second-order valence-corrected chi connectivity index (χ2v) is 10.9. The highest BCUT2D eigenvalue weighted by Crippen LogP contribution is 2.37. The molecule has 18 heavy (non-hydrogen) atoms. The maximum atomic E-state index is 11.5. The quantitative estimate of drug-likeness (QED) is 0.762. The number of amides is 1. The number of aliphatic imine (C=N–C) groups is 1. The molecule has 0 fully saturated rings. The number of carbonyl (C=O) groups is 1. The average Bonchev–Trinajstić information content (AvgIpc) is 2.58. The van der Waals surface area contributed by atoms with Crippen molar-refractivity contribution in [2.24, 2.45) is 4.99 Å². The summed E-state index contributed by atoms with van der Waals surface area (Å²) in [4.78, 5) is 15.3. The summed E-state index contributed by atoms with van der Waals surface area (Å²) in [5.74, 6) is 0.602. The molecule has 3 nitrogen and oxygen atoms in total. The summed E-state index contributed by atoms with van der Waals surface area (Å²) in [5.41, 5.74) is 1.52. The second kappa shape index (κ2) is 4.05. The van der Waals surface area contributed by atoms with Gasteiger partial charge in [-0.3, -0.25) is 4.79 Å². The van der Waals surface area contributed by atoms with E-state index in [1.54, 1.807) is 6.21 Å². The molecule has 1 aromatic rings. The Morgan fingerprint density at radius 3 is 2.50 bits per heavy atom. The van der Waals surface area contributed by atoms with Gasteiger partial charge in [-0.1, -0.05) is 20.8 Å². The molecule has 96 valence electrons. The van der Waals surface area contributed by atoms with E-state index in [1.807, 2.05) is 18.2 Å². The number of hydrogen-bond acceptors (Lipinski definition) is 2. The van der Waals surface area contributed by atoms with Crippen LogP contribution in [-0.2, 0) is 0 Å². The highest BCUT2D eigenvalue weighted by Gasteiger charge is 2.39. The van der Waals surface area contributed by atoms with Gasteiger partial charge in [-0.25, -0.2) is 4.99 Å². The largest absolute Gasteiger partial charge is 0.543 e. The van der Waals surface area contributed by atoms with E-state index in [1.165, 1.54) is 0 Å². The van der Waals surface area contributed by atoms with E-state index < -0.39 is 8.32 Å². The number of fused-ring (bicyclic) bond motifs is 1. The van der Waals surface area contributed by atoms with Crippen molar-refractivity contribution in [2.45, 2.75) is 38.9 Å². The first kappa shape index (κ1) is 13.0. The minimum atomic E-state index is -1.85. The Hall–Kier alpha value is -1.42. The van der Waals surface area contributed by atoms with Crippen molar-refractivity contribution < 1.29 is 9.22 Å². The van der Waals surface area contributed by atoms with Crippen LogP contribution >= 0.6 is 0 Å². The van der Waals surface area contributed by atoms with E-state index in [0.29, 0.717) is 5.56 Å². The minimum absolute atomic E-state index is 0.145. The molecule has 0 atom stereocenters. The highest BCUT2D eigenvalue weighted by molar-refractivity contribution is 6.74. The monoisotopic (exact) mass is 261 g/mol. The number of benzene rings is 1. The van der Waals surface area contributed by atoms with Crippen LogP contribution in [0.2, 0.25) is 18.1 Å². The summed E-state index contributed by atoms with van der Waals surface area (Å²) in [6, 6.07) is 5.63. The third-order valence-corrected chi connectivity index (χ3v) is 8.11. The molecule has 0 bridgehead atoms. The Labute approximate surface area is 109 Å². The van der Waals surface area contributed by atoms with Crippen LogP contribution in [0.5, 0.6) is 5.75 Å². The van der Waals surface area contributed by atoms with Crippen LogP contribution in [0, 0.1) is 0 Å². The van der Waals surface area contributed by atoms with E-state index in [9.17, 15) is 4.79 Å². The molecule has 1 aliphatic heterocycles. The van der Waals surface area contributed by atoms with Crippen LogP contribution in [0.25, 0.3) is 0 Å². The summed E-state index contributed by atoms with van der Waals surface area (Å²) in [7, 11) is -1.85. The van der Waals surface area contributed by atoms with E-state index in [2.05, 4.69) is 38.9 Å². The Morgan fingerprint density at radius 1 is 1.22 bits per heavy atom. The molecule has 1 amide bonds. The van der Waals surface area contributed by atoms with Gasteiger partial charge in [0.15, 0.2) is 0 Å². The van der Waals surface area contributed by atoms with E-state index in [0.717, 1.165) is 11.3 Å². The summed E-state index contributed by atoms with van der Waals surface area (Å²) in [6.07, 6.45) is 1.60. The molecule has 0 aromatic heterocycles. The van der Waals surface area contributed by atoms with Crippen LogP contribution in [0.1, 0.15) is 36.7 Å². The summed E-state index contributed by atoms with van der Waals surface area (Å²) in [5, 5.41) is 0.145. The lowest BCUT2D eigenvalue weighted by molar-refractivity contribution is 0.101. The van der Waals surface area contributed by atoms with Crippen molar-refractivity contribution in [2.75, 3.05) is 0 Å². The molecular formula is C14H19NO2Si. The Kier molecular flexibility index (Phi) is 2.93. The van der Waals surface area contributed by atoms with Gasteiger partial charge >= 0.3 is 0 Å². The smallest absolute Gasteiger partial charge is 0.277 e. The van der Waals surface area contributed by atoms with Crippen molar-refractivity contribution in [1.29, 1.82) is 0 Å². The topological polar surface area (TPSA) is 38.7 Å². The molecule has 4 heteroatoms. The third-order valence-electron chi connectivity index (χ3n) is 3.76. The molecule has 1 aliphatic rings. The zero-order valence-corrected chi connectivity index (χ0v) is 12.6. The Balaban J connectivity index is 2.28. The first-order valence-electron chi connectivity index (χ1n) is 6.12. The van der Waals surface area contributed by atoms with Crippen LogP contribution in [0.15, 0.2) is 23.2 Å². The highest BCUT2D eigenvalue weighted by atomic mass is 28.4. The van der Waals surface area contributed by atoms with Crippen molar-refractivity contribution in [3.8, 4) is 5.75 Å². The molecule has 2 rings (SSSR count). The first-order chi connectivity index (χ1) is 8.21. The fourth-order valence-electron chi connectivity index (χ4n) is 1.54. The molecule has 0 N–H and O–H groups in total. The Morgan fingerprint density at radius 2 is 1.89 bits per heavy atom. The molecular weight excluding hydrogens is 242 g/mol. The van der Waals surface area contributed by atoms with E-state index in [4.69, 9.17) is 4.43 Å². The maximum absolute atomic E-state index is 11.5. The molecule has 0 spiro atoms. The molecule has 1 aromatic carbocycles. The van der Waals surface area contributed by atoms with Crippen LogP contribution in [0.3, 0.4) is 0 Å². The van der Waals surface area contributed by atoms with Gasteiger partial charge in [0, 0.05) is 11.8 Å². The normalized spacial score (nSPS) is 14.8. The van der Waals surface area contributed by atoms with Crippen LogP contribution < -0.4 is 4.43 Å².